The molecule has 2 heterocycles. The number of anilines is 1. The summed E-state index contributed by atoms with van der Waals surface area (Å²) in [7, 11) is 0. The van der Waals surface area contributed by atoms with Crippen molar-refractivity contribution in [3.05, 3.63) is 75.2 Å². The van der Waals surface area contributed by atoms with Gasteiger partial charge in [-0.15, -0.1) is 11.3 Å². The molecule has 0 radical (unpaired) electrons. The predicted octanol–water partition coefficient (Wildman–Crippen LogP) is 3.92. The van der Waals surface area contributed by atoms with Gasteiger partial charge in [0.2, 0.25) is 5.91 Å². The minimum absolute atomic E-state index is 0.115. The van der Waals surface area contributed by atoms with Crippen molar-refractivity contribution in [1.29, 1.82) is 0 Å². The maximum Gasteiger partial charge on any atom is 0.261 e. The van der Waals surface area contributed by atoms with Crippen molar-refractivity contribution in [2.45, 2.75) is 6.54 Å². The number of hydrogen-bond donors (Lipinski definition) is 1. The van der Waals surface area contributed by atoms with Gasteiger partial charge in [0.1, 0.15) is 11.6 Å². The fourth-order valence-corrected chi connectivity index (χ4v) is 3.69. The Kier molecular flexibility index (Phi) is 4.83. The van der Waals surface area contributed by atoms with E-state index in [4.69, 9.17) is 0 Å². The van der Waals surface area contributed by atoms with Crippen molar-refractivity contribution in [2.75, 3.05) is 5.32 Å². The molecular formula is C19H13BrN4O2S. The highest BCUT2D eigenvalue weighted by Gasteiger charge is 2.10. The van der Waals surface area contributed by atoms with Crippen LogP contribution in [-0.2, 0) is 11.3 Å². The number of aromatic nitrogens is 3. The summed E-state index contributed by atoms with van der Waals surface area (Å²) in [4.78, 5) is 33.5. The molecule has 0 aliphatic rings. The van der Waals surface area contributed by atoms with Crippen LogP contribution < -0.4 is 10.9 Å². The first-order chi connectivity index (χ1) is 13.1. The first-order valence-corrected chi connectivity index (χ1v) is 9.72. The molecule has 2 aromatic heterocycles. The zero-order chi connectivity index (χ0) is 18.8. The van der Waals surface area contributed by atoms with Crippen LogP contribution >= 0.6 is 27.3 Å². The summed E-state index contributed by atoms with van der Waals surface area (Å²) in [5, 5.41) is 6.07. The highest BCUT2D eigenvalue weighted by Crippen LogP contribution is 2.24. The number of hydrogen-bond acceptors (Lipinski definition) is 5. The van der Waals surface area contributed by atoms with Gasteiger partial charge in [0, 0.05) is 27.3 Å². The molecule has 27 heavy (non-hydrogen) atoms. The van der Waals surface area contributed by atoms with E-state index in [1.807, 2.05) is 29.6 Å². The molecule has 134 valence electrons. The number of amides is 1. The van der Waals surface area contributed by atoms with Crippen LogP contribution in [0.15, 0.2) is 69.6 Å². The number of rotatable bonds is 4. The molecule has 0 fully saturated rings. The van der Waals surface area contributed by atoms with E-state index >= 15 is 0 Å². The summed E-state index contributed by atoms with van der Waals surface area (Å²) >= 11 is 4.88. The van der Waals surface area contributed by atoms with Gasteiger partial charge in [0.25, 0.3) is 5.56 Å². The van der Waals surface area contributed by atoms with Crippen LogP contribution in [-0.4, -0.2) is 20.4 Å². The molecule has 0 saturated heterocycles. The van der Waals surface area contributed by atoms with Crippen LogP contribution in [0.5, 0.6) is 0 Å². The molecule has 1 amide bonds. The third-order valence-electron chi connectivity index (χ3n) is 3.93. The van der Waals surface area contributed by atoms with E-state index in [1.165, 1.54) is 22.2 Å². The van der Waals surface area contributed by atoms with Crippen molar-refractivity contribution in [3.63, 3.8) is 0 Å². The Morgan fingerprint density at radius 1 is 1.19 bits per heavy atom. The first kappa shape index (κ1) is 17.6. The van der Waals surface area contributed by atoms with Gasteiger partial charge in [-0.3, -0.25) is 14.2 Å². The maximum atomic E-state index is 12.6. The lowest BCUT2D eigenvalue weighted by Gasteiger charge is -2.09. The lowest BCUT2D eigenvalue weighted by Crippen LogP contribution is -2.27. The van der Waals surface area contributed by atoms with Crippen molar-refractivity contribution in [3.8, 4) is 10.6 Å². The topological polar surface area (TPSA) is 76.9 Å². The molecule has 6 nitrogen and oxygen atoms in total. The molecule has 0 aliphatic heterocycles. The van der Waals surface area contributed by atoms with Crippen LogP contribution in [0, 0.1) is 0 Å². The second-order valence-corrected chi connectivity index (χ2v) is 7.62. The van der Waals surface area contributed by atoms with Crippen molar-refractivity contribution in [1.82, 2.24) is 14.5 Å². The van der Waals surface area contributed by atoms with Crippen molar-refractivity contribution >= 4 is 49.8 Å². The molecule has 1 N–H and O–H groups in total. The van der Waals surface area contributed by atoms with Crippen molar-refractivity contribution in [2.24, 2.45) is 0 Å². The Labute approximate surface area is 166 Å². The van der Waals surface area contributed by atoms with Crippen LogP contribution in [0.3, 0.4) is 0 Å². The zero-order valence-electron chi connectivity index (χ0n) is 13.9. The van der Waals surface area contributed by atoms with Gasteiger partial charge >= 0.3 is 0 Å². The summed E-state index contributed by atoms with van der Waals surface area (Å²) in [6, 6.07) is 12.7. The Morgan fingerprint density at radius 3 is 2.89 bits per heavy atom. The van der Waals surface area contributed by atoms with E-state index in [0.29, 0.717) is 16.6 Å². The van der Waals surface area contributed by atoms with E-state index in [-0.39, 0.29) is 18.0 Å². The predicted molar refractivity (Wildman–Crippen MR) is 110 cm³/mol. The minimum Gasteiger partial charge on any atom is -0.325 e. The lowest BCUT2D eigenvalue weighted by molar-refractivity contribution is -0.116. The number of nitrogens with zero attached hydrogens (tertiary/aromatic N) is 3. The number of carbonyl (C=O) groups is 1. The number of carbonyl (C=O) groups excluding carboxylic acids is 1. The van der Waals surface area contributed by atoms with Gasteiger partial charge in [-0.25, -0.2) is 9.97 Å². The Balaban J connectivity index is 1.55. The molecule has 0 aliphatic carbocycles. The standard InChI is InChI=1S/C19H13BrN4O2S/c20-13-4-5-16-15(9-13)19(26)24(11-22-16)10-17(25)23-14-3-1-2-12(8-14)18-21-6-7-27-18/h1-9,11H,10H2,(H,23,25). The van der Waals surface area contributed by atoms with E-state index in [0.717, 1.165) is 15.0 Å². The smallest absolute Gasteiger partial charge is 0.261 e. The van der Waals surface area contributed by atoms with Gasteiger partial charge in [-0.1, -0.05) is 28.1 Å². The molecule has 4 rings (SSSR count). The summed E-state index contributed by atoms with van der Waals surface area (Å²) in [5.41, 5.74) is 1.92. The third-order valence-corrected chi connectivity index (χ3v) is 5.24. The van der Waals surface area contributed by atoms with Gasteiger partial charge in [0.15, 0.2) is 0 Å². The fourth-order valence-electron chi connectivity index (χ4n) is 2.70. The van der Waals surface area contributed by atoms with Crippen molar-refractivity contribution < 1.29 is 4.79 Å². The molecule has 0 spiro atoms. The fraction of sp³-hybridized carbons (Fsp3) is 0.0526. The molecule has 0 saturated carbocycles. The number of thiazole rings is 1. The largest absolute Gasteiger partial charge is 0.325 e. The normalized spacial score (nSPS) is 10.9. The molecule has 0 bridgehead atoms. The Hall–Kier alpha value is -2.84. The van der Waals surface area contributed by atoms with E-state index < -0.39 is 0 Å². The summed E-state index contributed by atoms with van der Waals surface area (Å²) < 4.78 is 2.09. The SMILES string of the molecule is O=C(Cn1cnc2ccc(Br)cc2c1=O)Nc1cccc(-c2nccs2)c1. The summed E-state index contributed by atoms with van der Waals surface area (Å²) in [6.07, 6.45) is 3.13. The molecule has 0 unspecified atom stereocenters. The molecular weight excluding hydrogens is 428 g/mol. The van der Waals surface area contributed by atoms with Crippen LogP contribution in [0.2, 0.25) is 0 Å². The second-order valence-electron chi connectivity index (χ2n) is 5.81. The quantitative estimate of drug-likeness (QED) is 0.521. The van der Waals surface area contributed by atoms with Crippen LogP contribution in [0.1, 0.15) is 0 Å². The van der Waals surface area contributed by atoms with Gasteiger partial charge in [-0.05, 0) is 30.3 Å². The van der Waals surface area contributed by atoms with Crippen LogP contribution in [0.4, 0.5) is 5.69 Å². The molecule has 8 heteroatoms. The highest BCUT2D eigenvalue weighted by atomic mass is 79.9. The van der Waals surface area contributed by atoms with E-state index in [9.17, 15) is 9.59 Å². The van der Waals surface area contributed by atoms with Gasteiger partial charge in [-0.2, -0.15) is 0 Å². The van der Waals surface area contributed by atoms with E-state index in [2.05, 4.69) is 31.2 Å². The minimum atomic E-state index is -0.301. The molecule has 2 aromatic carbocycles. The molecule has 4 aromatic rings. The number of nitrogens with one attached hydrogen (secondary N) is 1. The Morgan fingerprint density at radius 2 is 2.07 bits per heavy atom. The maximum absolute atomic E-state index is 12.6. The average Bonchev–Trinajstić information content (AvgIpc) is 3.19. The second kappa shape index (κ2) is 7.42. The lowest BCUT2D eigenvalue weighted by atomic mass is 10.2. The zero-order valence-corrected chi connectivity index (χ0v) is 16.3. The first-order valence-electron chi connectivity index (χ1n) is 8.04. The number of halogens is 1. The highest BCUT2D eigenvalue weighted by molar-refractivity contribution is 9.10. The number of fused-ring (bicyclic) bond motifs is 1. The average molecular weight is 441 g/mol. The Bertz CT molecular complexity index is 1190. The number of benzene rings is 2. The van der Waals surface area contributed by atoms with Gasteiger partial charge in [0.05, 0.1) is 17.2 Å². The van der Waals surface area contributed by atoms with Crippen LogP contribution in [0.25, 0.3) is 21.5 Å². The third kappa shape index (κ3) is 3.81. The summed E-state index contributed by atoms with van der Waals surface area (Å²) in [5.74, 6) is -0.301. The monoisotopic (exact) mass is 440 g/mol. The van der Waals surface area contributed by atoms with Gasteiger partial charge < -0.3 is 5.32 Å². The van der Waals surface area contributed by atoms with E-state index in [1.54, 1.807) is 24.4 Å². The molecule has 0 atom stereocenters. The summed E-state index contributed by atoms with van der Waals surface area (Å²) in [6.45, 7) is -0.115.